The van der Waals surface area contributed by atoms with Gasteiger partial charge in [0.1, 0.15) is 11.6 Å². The molecular weight excluding hydrogens is 212 g/mol. The summed E-state index contributed by atoms with van der Waals surface area (Å²) in [4.78, 5) is 0. The molecule has 0 aromatic heterocycles. The molecule has 88 valence electrons. The number of ether oxygens (including phenoxy) is 1. The maximum atomic E-state index is 12.9. The standard InChI is InChI=1S/C12H15F2NO/c1-16-12-5-11(6-12)15-7-8-2-9(13)4-10(14)3-8/h2-4,11-12,15H,5-7H2,1H3. The van der Waals surface area contributed by atoms with Crippen LogP contribution in [0.4, 0.5) is 8.78 Å². The molecule has 0 amide bonds. The highest BCUT2D eigenvalue weighted by molar-refractivity contribution is 5.17. The van der Waals surface area contributed by atoms with Crippen LogP contribution in [-0.4, -0.2) is 19.3 Å². The van der Waals surface area contributed by atoms with Crippen molar-refractivity contribution in [3.63, 3.8) is 0 Å². The molecule has 1 aliphatic rings. The van der Waals surface area contributed by atoms with Crippen LogP contribution >= 0.6 is 0 Å². The first-order valence-electron chi connectivity index (χ1n) is 5.38. The van der Waals surface area contributed by atoms with Gasteiger partial charge in [-0.3, -0.25) is 0 Å². The summed E-state index contributed by atoms with van der Waals surface area (Å²) in [7, 11) is 1.70. The quantitative estimate of drug-likeness (QED) is 0.851. The average Bonchev–Trinajstić information content (AvgIpc) is 2.14. The molecule has 0 unspecified atom stereocenters. The second kappa shape index (κ2) is 4.89. The van der Waals surface area contributed by atoms with Gasteiger partial charge in [0.05, 0.1) is 6.10 Å². The van der Waals surface area contributed by atoms with Crippen LogP contribution in [0.2, 0.25) is 0 Å². The number of methoxy groups -OCH3 is 1. The summed E-state index contributed by atoms with van der Waals surface area (Å²) in [6.07, 6.45) is 2.27. The van der Waals surface area contributed by atoms with Gasteiger partial charge in [-0.15, -0.1) is 0 Å². The zero-order valence-electron chi connectivity index (χ0n) is 9.17. The van der Waals surface area contributed by atoms with E-state index < -0.39 is 11.6 Å². The molecule has 2 rings (SSSR count). The van der Waals surface area contributed by atoms with Crippen LogP contribution < -0.4 is 5.32 Å². The van der Waals surface area contributed by atoms with E-state index in [1.54, 1.807) is 7.11 Å². The van der Waals surface area contributed by atoms with E-state index in [2.05, 4.69) is 5.32 Å². The molecule has 0 aliphatic heterocycles. The third-order valence-electron chi connectivity index (χ3n) is 2.95. The SMILES string of the molecule is COC1CC(NCc2cc(F)cc(F)c2)C1. The van der Waals surface area contributed by atoms with Crippen LogP contribution in [0.3, 0.4) is 0 Å². The zero-order valence-corrected chi connectivity index (χ0v) is 9.17. The van der Waals surface area contributed by atoms with Crippen molar-refractivity contribution in [3.8, 4) is 0 Å². The molecule has 0 atom stereocenters. The first kappa shape index (κ1) is 11.5. The van der Waals surface area contributed by atoms with Crippen LogP contribution in [0.5, 0.6) is 0 Å². The number of benzene rings is 1. The van der Waals surface area contributed by atoms with Gasteiger partial charge >= 0.3 is 0 Å². The predicted molar refractivity (Wildman–Crippen MR) is 57.0 cm³/mol. The molecule has 0 bridgehead atoms. The maximum absolute atomic E-state index is 12.9. The molecule has 1 saturated carbocycles. The molecule has 0 heterocycles. The number of rotatable bonds is 4. The minimum atomic E-state index is -0.528. The number of hydrogen-bond donors (Lipinski definition) is 1. The second-order valence-corrected chi connectivity index (χ2v) is 4.18. The topological polar surface area (TPSA) is 21.3 Å². The zero-order chi connectivity index (χ0) is 11.5. The van der Waals surface area contributed by atoms with Crippen LogP contribution in [0.15, 0.2) is 18.2 Å². The minimum Gasteiger partial charge on any atom is -0.381 e. The third-order valence-corrected chi connectivity index (χ3v) is 2.95. The second-order valence-electron chi connectivity index (χ2n) is 4.18. The maximum Gasteiger partial charge on any atom is 0.126 e. The van der Waals surface area contributed by atoms with Crippen molar-refractivity contribution in [2.75, 3.05) is 7.11 Å². The van der Waals surface area contributed by atoms with E-state index >= 15 is 0 Å². The first-order chi connectivity index (χ1) is 7.67. The molecule has 1 aromatic rings. The van der Waals surface area contributed by atoms with Crippen LogP contribution in [0.25, 0.3) is 0 Å². The van der Waals surface area contributed by atoms with Gasteiger partial charge in [0.15, 0.2) is 0 Å². The summed E-state index contributed by atoms with van der Waals surface area (Å²) in [6, 6.07) is 3.98. The Balaban J connectivity index is 1.81. The summed E-state index contributed by atoms with van der Waals surface area (Å²) in [5, 5.41) is 3.24. The van der Waals surface area contributed by atoms with Gasteiger partial charge in [-0.1, -0.05) is 0 Å². The Morgan fingerprint density at radius 1 is 1.25 bits per heavy atom. The van der Waals surface area contributed by atoms with Gasteiger partial charge in [0, 0.05) is 25.8 Å². The minimum absolute atomic E-state index is 0.335. The summed E-state index contributed by atoms with van der Waals surface area (Å²) in [6.45, 7) is 0.496. The van der Waals surface area contributed by atoms with Crippen molar-refractivity contribution >= 4 is 0 Å². The van der Waals surface area contributed by atoms with E-state index in [4.69, 9.17) is 4.74 Å². The van der Waals surface area contributed by atoms with Crippen LogP contribution in [0.1, 0.15) is 18.4 Å². The van der Waals surface area contributed by atoms with E-state index in [1.807, 2.05) is 0 Å². The summed E-state index contributed by atoms with van der Waals surface area (Å²) in [5.74, 6) is -1.06. The number of halogens is 2. The Morgan fingerprint density at radius 2 is 1.88 bits per heavy atom. The van der Waals surface area contributed by atoms with Crippen molar-refractivity contribution < 1.29 is 13.5 Å². The molecule has 1 aromatic carbocycles. The largest absolute Gasteiger partial charge is 0.381 e. The van der Waals surface area contributed by atoms with Gasteiger partial charge in [0.2, 0.25) is 0 Å². The Hall–Kier alpha value is -1.00. The molecule has 1 N–H and O–H groups in total. The van der Waals surface area contributed by atoms with Gasteiger partial charge in [-0.2, -0.15) is 0 Å². The third kappa shape index (κ3) is 2.77. The number of nitrogens with one attached hydrogen (secondary N) is 1. The lowest BCUT2D eigenvalue weighted by molar-refractivity contribution is 0.0170. The lowest BCUT2D eigenvalue weighted by Gasteiger charge is -2.34. The molecule has 0 radical (unpaired) electrons. The summed E-state index contributed by atoms with van der Waals surface area (Å²) >= 11 is 0. The molecule has 2 nitrogen and oxygen atoms in total. The lowest BCUT2D eigenvalue weighted by atomic mass is 9.89. The summed E-state index contributed by atoms with van der Waals surface area (Å²) in [5.41, 5.74) is 0.637. The normalized spacial score (nSPS) is 24.2. The van der Waals surface area contributed by atoms with Crippen molar-refractivity contribution in [3.05, 3.63) is 35.4 Å². The van der Waals surface area contributed by atoms with Gasteiger partial charge in [-0.25, -0.2) is 8.78 Å². The fourth-order valence-corrected chi connectivity index (χ4v) is 1.90. The van der Waals surface area contributed by atoms with E-state index in [0.29, 0.717) is 24.3 Å². The smallest absolute Gasteiger partial charge is 0.126 e. The monoisotopic (exact) mass is 227 g/mol. The molecule has 1 fully saturated rings. The average molecular weight is 227 g/mol. The summed E-state index contributed by atoms with van der Waals surface area (Å²) < 4.78 is 30.9. The van der Waals surface area contributed by atoms with E-state index in [-0.39, 0.29) is 0 Å². The highest BCUT2D eigenvalue weighted by atomic mass is 19.1. The highest BCUT2D eigenvalue weighted by Crippen LogP contribution is 2.22. The Labute approximate surface area is 93.6 Å². The Morgan fingerprint density at radius 3 is 2.44 bits per heavy atom. The molecule has 4 heteroatoms. The van der Waals surface area contributed by atoms with Crippen molar-refractivity contribution in [1.82, 2.24) is 5.32 Å². The number of hydrogen-bond acceptors (Lipinski definition) is 2. The lowest BCUT2D eigenvalue weighted by Crippen LogP contribution is -2.44. The molecule has 0 saturated heterocycles. The van der Waals surface area contributed by atoms with Crippen molar-refractivity contribution in [2.45, 2.75) is 31.5 Å². The van der Waals surface area contributed by atoms with Gasteiger partial charge < -0.3 is 10.1 Å². The molecule has 1 aliphatic carbocycles. The van der Waals surface area contributed by atoms with Gasteiger partial charge in [0.25, 0.3) is 0 Å². The van der Waals surface area contributed by atoms with E-state index in [9.17, 15) is 8.78 Å². The molecular formula is C12H15F2NO. The van der Waals surface area contributed by atoms with E-state index in [0.717, 1.165) is 18.9 Å². The van der Waals surface area contributed by atoms with Gasteiger partial charge in [-0.05, 0) is 30.5 Å². The molecule has 0 spiro atoms. The van der Waals surface area contributed by atoms with E-state index in [1.165, 1.54) is 12.1 Å². The first-order valence-corrected chi connectivity index (χ1v) is 5.38. The highest BCUT2D eigenvalue weighted by Gasteiger charge is 2.28. The Bertz CT molecular complexity index is 344. The van der Waals surface area contributed by atoms with Crippen molar-refractivity contribution in [2.24, 2.45) is 0 Å². The fraction of sp³-hybridized carbons (Fsp3) is 0.500. The Kier molecular flexibility index (Phi) is 3.51. The predicted octanol–water partition coefficient (Wildman–Crippen LogP) is 2.23. The van der Waals surface area contributed by atoms with Crippen LogP contribution in [-0.2, 0) is 11.3 Å². The van der Waals surface area contributed by atoms with Crippen molar-refractivity contribution in [1.29, 1.82) is 0 Å². The van der Waals surface area contributed by atoms with Crippen LogP contribution in [0, 0.1) is 11.6 Å². The molecule has 16 heavy (non-hydrogen) atoms. The fourth-order valence-electron chi connectivity index (χ4n) is 1.90.